The number of H-pyrrole nitrogens is 1. The van der Waals surface area contributed by atoms with Gasteiger partial charge in [-0.3, -0.25) is 10.1 Å². The lowest BCUT2D eigenvalue weighted by Gasteiger charge is -1.98. The van der Waals surface area contributed by atoms with E-state index in [1.54, 1.807) is 12.4 Å². The first-order chi connectivity index (χ1) is 5.88. The highest BCUT2D eigenvalue weighted by molar-refractivity contribution is 5.56. The summed E-state index contributed by atoms with van der Waals surface area (Å²) in [5, 5.41) is 10.1. The highest BCUT2D eigenvalue weighted by atomic mass is 15.3. The number of pyridine rings is 1. The molecule has 2 aromatic heterocycles. The van der Waals surface area contributed by atoms with Gasteiger partial charge in [0.15, 0.2) is 0 Å². The predicted octanol–water partition coefficient (Wildman–Crippen LogP) is 1.18. The van der Waals surface area contributed by atoms with Crippen LogP contribution in [0.25, 0.3) is 11.4 Å². The van der Waals surface area contributed by atoms with Crippen molar-refractivity contribution in [3.8, 4) is 11.4 Å². The highest BCUT2D eigenvalue weighted by Gasteiger charge is 2.02. The largest absolute Gasteiger partial charge is 0.256 e. The van der Waals surface area contributed by atoms with Gasteiger partial charge in [-0.25, -0.2) is 0 Å². The lowest BCUT2D eigenvalue weighted by atomic mass is 10.2. The van der Waals surface area contributed by atoms with Crippen LogP contribution in [0, 0.1) is 6.92 Å². The third-order valence-corrected chi connectivity index (χ3v) is 1.68. The standard InChI is InChI=1S/C8H8N4/c1-6-3-2-4-9-8(6)7-5-10-12-11-7/h2-5H,1H3,(H,10,11,12). The van der Waals surface area contributed by atoms with E-state index in [0.717, 1.165) is 17.0 Å². The Balaban J connectivity index is 2.55. The summed E-state index contributed by atoms with van der Waals surface area (Å²) in [7, 11) is 0. The minimum absolute atomic E-state index is 0.855. The summed E-state index contributed by atoms with van der Waals surface area (Å²) in [5.41, 5.74) is 2.87. The molecule has 1 N–H and O–H groups in total. The van der Waals surface area contributed by atoms with E-state index in [-0.39, 0.29) is 0 Å². The molecule has 12 heavy (non-hydrogen) atoms. The average Bonchev–Trinajstić information content (AvgIpc) is 2.57. The number of hydrogen-bond donors (Lipinski definition) is 1. The van der Waals surface area contributed by atoms with Crippen LogP contribution in [-0.4, -0.2) is 20.4 Å². The first kappa shape index (κ1) is 6.97. The van der Waals surface area contributed by atoms with Gasteiger partial charge < -0.3 is 0 Å². The minimum Gasteiger partial charge on any atom is -0.256 e. The average molecular weight is 160 g/mol. The van der Waals surface area contributed by atoms with Crippen LogP contribution in [0.1, 0.15) is 5.56 Å². The van der Waals surface area contributed by atoms with Gasteiger partial charge in [-0.05, 0) is 18.6 Å². The Hall–Kier alpha value is -1.71. The molecule has 0 unspecified atom stereocenters. The molecule has 0 aromatic carbocycles. The summed E-state index contributed by atoms with van der Waals surface area (Å²) in [6, 6.07) is 3.91. The van der Waals surface area contributed by atoms with Crippen molar-refractivity contribution < 1.29 is 0 Å². The molecule has 60 valence electrons. The van der Waals surface area contributed by atoms with Crippen LogP contribution in [0.2, 0.25) is 0 Å². The smallest absolute Gasteiger partial charge is 0.104 e. The zero-order valence-corrected chi connectivity index (χ0v) is 6.65. The van der Waals surface area contributed by atoms with Gasteiger partial charge in [0.05, 0.1) is 11.9 Å². The summed E-state index contributed by atoms with van der Waals surface area (Å²) in [6.07, 6.45) is 3.42. The second kappa shape index (κ2) is 2.73. The fourth-order valence-corrected chi connectivity index (χ4v) is 1.08. The number of nitrogens with one attached hydrogen (secondary N) is 1. The van der Waals surface area contributed by atoms with Gasteiger partial charge in [-0.1, -0.05) is 11.3 Å². The highest BCUT2D eigenvalue weighted by Crippen LogP contribution is 2.15. The monoisotopic (exact) mass is 160 g/mol. The molecule has 0 aliphatic heterocycles. The van der Waals surface area contributed by atoms with Crippen LogP contribution in [0.15, 0.2) is 24.5 Å². The first-order valence-electron chi connectivity index (χ1n) is 3.66. The molecule has 2 aromatic rings. The number of aromatic amines is 1. The van der Waals surface area contributed by atoms with E-state index in [9.17, 15) is 0 Å². The number of hydrogen-bond acceptors (Lipinski definition) is 3. The molecule has 4 heteroatoms. The molecule has 0 atom stereocenters. The van der Waals surface area contributed by atoms with Crippen LogP contribution in [0.5, 0.6) is 0 Å². The Kier molecular flexibility index (Phi) is 1.59. The van der Waals surface area contributed by atoms with Crippen LogP contribution < -0.4 is 0 Å². The Morgan fingerprint density at radius 1 is 1.42 bits per heavy atom. The van der Waals surface area contributed by atoms with Crippen molar-refractivity contribution >= 4 is 0 Å². The molecule has 0 aliphatic rings. The fourth-order valence-electron chi connectivity index (χ4n) is 1.08. The third kappa shape index (κ3) is 1.07. The van der Waals surface area contributed by atoms with Crippen LogP contribution in [-0.2, 0) is 0 Å². The van der Waals surface area contributed by atoms with Gasteiger partial charge in [0.2, 0.25) is 0 Å². The van der Waals surface area contributed by atoms with E-state index in [4.69, 9.17) is 0 Å². The van der Waals surface area contributed by atoms with E-state index < -0.39 is 0 Å². The molecular formula is C8H8N4. The Labute approximate surface area is 69.7 Å². The van der Waals surface area contributed by atoms with Crippen LogP contribution in [0.4, 0.5) is 0 Å². The van der Waals surface area contributed by atoms with Gasteiger partial charge in [-0.15, -0.1) is 5.10 Å². The number of nitrogens with zero attached hydrogens (tertiary/aromatic N) is 3. The topological polar surface area (TPSA) is 54.5 Å². The molecule has 0 radical (unpaired) electrons. The first-order valence-corrected chi connectivity index (χ1v) is 3.66. The lowest BCUT2D eigenvalue weighted by Crippen LogP contribution is -1.86. The molecule has 0 saturated heterocycles. The lowest BCUT2D eigenvalue weighted by molar-refractivity contribution is 0.940. The van der Waals surface area contributed by atoms with Gasteiger partial charge in [0.25, 0.3) is 0 Å². The van der Waals surface area contributed by atoms with Gasteiger partial charge >= 0.3 is 0 Å². The Bertz CT molecular complexity index is 366. The van der Waals surface area contributed by atoms with E-state index >= 15 is 0 Å². The molecule has 0 spiro atoms. The molecule has 0 saturated carbocycles. The quantitative estimate of drug-likeness (QED) is 0.681. The molecule has 0 bridgehead atoms. The molecule has 4 nitrogen and oxygen atoms in total. The Morgan fingerprint density at radius 3 is 3.00 bits per heavy atom. The fraction of sp³-hybridized carbons (Fsp3) is 0.125. The second-order valence-corrected chi connectivity index (χ2v) is 2.54. The predicted molar refractivity (Wildman–Crippen MR) is 44.4 cm³/mol. The number of aryl methyl sites for hydroxylation is 1. The van der Waals surface area contributed by atoms with Crippen LogP contribution >= 0.6 is 0 Å². The molecule has 0 fully saturated rings. The maximum Gasteiger partial charge on any atom is 0.104 e. The third-order valence-electron chi connectivity index (χ3n) is 1.68. The zero-order chi connectivity index (χ0) is 8.39. The van der Waals surface area contributed by atoms with Gasteiger partial charge in [0, 0.05) is 6.20 Å². The maximum absolute atomic E-state index is 4.21. The van der Waals surface area contributed by atoms with Crippen molar-refractivity contribution in [3.05, 3.63) is 30.1 Å². The summed E-state index contributed by atoms with van der Waals surface area (Å²) >= 11 is 0. The molecule has 2 rings (SSSR count). The van der Waals surface area contributed by atoms with Gasteiger partial charge in [-0.2, -0.15) is 0 Å². The SMILES string of the molecule is Cc1cccnc1-c1cnn[nH]1. The minimum atomic E-state index is 0.855. The normalized spacial score (nSPS) is 10.1. The van der Waals surface area contributed by atoms with Crippen LogP contribution in [0.3, 0.4) is 0 Å². The number of rotatable bonds is 1. The van der Waals surface area contributed by atoms with Crippen molar-refractivity contribution in [2.45, 2.75) is 6.92 Å². The number of aromatic nitrogens is 4. The van der Waals surface area contributed by atoms with E-state index in [1.165, 1.54) is 0 Å². The molecule has 2 heterocycles. The summed E-state index contributed by atoms with van der Waals surface area (Å²) in [4.78, 5) is 4.21. The molecular weight excluding hydrogens is 152 g/mol. The maximum atomic E-state index is 4.21. The zero-order valence-electron chi connectivity index (χ0n) is 6.65. The van der Waals surface area contributed by atoms with E-state index in [0.29, 0.717) is 0 Å². The molecule has 0 amide bonds. The Morgan fingerprint density at radius 2 is 2.33 bits per heavy atom. The van der Waals surface area contributed by atoms with Gasteiger partial charge in [0.1, 0.15) is 5.69 Å². The molecule has 0 aliphatic carbocycles. The van der Waals surface area contributed by atoms with Crippen molar-refractivity contribution in [1.29, 1.82) is 0 Å². The van der Waals surface area contributed by atoms with Crippen molar-refractivity contribution in [3.63, 3.8) is 0 Å². The van der Waals surface area contributed by atoms with Crippen molar-refractivity contribution in [2.75, 3.05) is 0 Å². The summed E-state index contributed by atoms with van der Waals surface area (Å²) in [5.74, 6) is 0. The van der Waals surface area contributed by atoms with Crippen molar-refractivity contribution in [2.24, 2.45) is 0 Å². The second-order valence-electron chi connectivity index (χ2n) is 2.54. The van der Waals surface area contributed by atoms with Crippen molar-refractivity contribution in [1.82, 2.24) is 20.4 Å². The van der Waals surface area contributed by atoms with E-state index in [1.807, 2.05) is 19.1 Å². The van der Waals surface area contributed by atoms with E-state index in [2.05, 4.69) is 20.4 Å². The summed E-state index contributed by atoms with van der Waals surface area (Å²) in [6.45, 7) is 2.00. The summed E-state index contributed by atoms with van der Waals surface area (Å²) < 4.78 is 0.